The molecule has 4 nitrogen and oxygen atoms in total. The number of aromatic nitrogens is 2. The van der Waals surface area contributed by atoms with Crippen molar-refractivity contribution in [1.82, 2.24) is 9.78 Å². The van der Waals surface area contributed by atoms with Crippen LogP contribution in [0.25, 0.3) is 5.69 Å². The van der Waals surface area contributed by atoms with Crippen LogP contribution in [0.2, 0.25) is 0 Å². The molecule has 22 heavy (non-hydrogen) atoms. The van der Waals surface area contributed by atoms with Crippen LogP contribution in [0, 0.1) is 5.82 Å². The van der Waals surface area contributed by atoms with E-state index in [1.54, 1.807) is 13.8 Å². The smallest absolute Gasteiger partial charge is 0.271 e. The molecule has 0 N–H and O–H groups in total. The first kappa shape index (κ1) is 16.2. The van der Waals surface area contributed by atoms with Gasteiger partial charge in [0.15, 0.2) is 0 Å². The number of alkyl halides is 1. The third-order valence-corrected chi connectivity index (χ3v) is 2.95. The highest BCUT2D eigenvalue weighted by Gasteiger charge is 2.14. The predicted molar refractivity (Wildman–Crippen MR) is 80.5 cm³/mol. The molecule has 1 aromatic carbocycles. The first-order valence-electron chi connectivity index (χ1n) is 6.79. The SMILES string of the molecule is [B]c1cc(F)c(-n2ncc(C(C)F)cc2=O)cc1OC(C)C. The minimum atomic E-state index is -1.33. The van der Waals surface area contributed by atoms with Crippen LogP contribution in [-0.2, 0) is 0 Å². The highest BCUT2D eigenvalue weighted by molar-refractivity contribution is 6.34. The molecule has 0 aliphatic carbocycles. The Labute approximate surface area is 128 Å². The molecular formula is C15H15BF2N2O2. The quantitative estimate of drug-likeness (QED) is 0.811. The van der Waals surface area contributed by atoms with E-state index in [4.69, 9.17) is 12.6 Å². The molecular weight excluding hydrogens is 289 g/mol. The highest BCUT2D eigenvalue weighted by atomic mass is 19.1. The van der Waals surface area contributed by atoms with Crippen molar-refractivity contribution in [1.29, 1.82) is 0 Å². The molecule has 0 saturated carbocycles. The van der Waals surface area contributed by atoms with Crippen molar-refractivity contribution in [3.63, 3.8) is 0 Å². The molecule has 0 bridgehead atoms. The van der Waals surface area contributed by atoms with Crippen molar-refractivity contribution < 1.29 is 13.5 Å². The highest BCUT2D eigenvalue weighted by Crippen LogP contribution is 2.19. The van der Waals surface area contributed by atoms with E-state index in [1.165, 1.54) is 19.2 Å². The molecule has 1 aromatic heterocycles. The van der Waals surface area contributed by atoms with E-state index < -0.39 is 17.5 Å². The summed E-state index contributed by atoms with van der Waals surface area (Å²) >= 11 is 0. The summed E-state index contributed by atoms with van der Waals surface area (Å²) in [7, 11) is 5.70. The summed E-state index contributed by atoms with van der Waals surface area (Å²) in [4.78, 5) is 12.0. The fraction of sp³-hybridized carbons (Fsp3) is 0.333. The molecule has 7 heteroatoms. The zero-order chi connectivity index (χ0) is 16.4. The maximum absolute atomic E-state index is 14.1. The van der Waals surface area contributed by atoms with Gasteiger partial charge in [-0.1, -0.05) is 5.46 Å². The van der Waals surface area contributed by atoms with Gasteiger partial charge in [0, 0.05) is 17.7 Å². The van der Waals surface area contributed by atoms with E-state index in [9.17, 15) is 13.6 Å². The van der Waals surface area contributed by atoms with Gasteiger partial charge in [0.25, 0.3) is 5.56 Å². The van der Waals surface area contributed by atoms with E-state index >= 15 is 0 Å². The van der Waals surface area contributed by atoms with Crippen molar-refractivity contribution in [3.05, 3.63) is 46.1 Å². The Hall–Kier alpha value is -2.18. The molecule has 2 rings (SSSR count). The summed E-state index contributed by atoms with van der Waals surface area (Å²) in [6.45, 7) is 4.88. The van der Waals surface area contributed by atoms with Crippen LogP contribution >= 0.6 is 0 Å². The molecule has 114 valence electrons. The largest absolute Gasteiger partial charge is 0.492 e. The Morgan fingerprint density at radius 1 is 1.27 bits per heavy atom. The van der Waals surface area contributed by atoms with Crippen LogP contribution in [0.4, 0.5) is 8.78 Å². The summed E-state index contributed by atoms with van der Waals surface area (Å²) < 4.78 is 33.6. The Bertz CT molecular complexity index is 745. The number of nitrogens with zero attached hydrogens (tertiary/aromatic N) is 2. The number of benzene rings is 1. The number of hydrogen-bond donors (Lipinski definition) is 0. The van der Waals surface area contributed by atoms with E-state index in [2.05, 4.69) is 5.10 Å². The molecule has 0 aliphatic heterocycles. The zero-order valence-electron chi connectivity index (χ0n) is 12.5. The van der Waals surface area contributed by atoms with Gasteiger partial charge >= 0.3 is 0 Å². The number of ether oxygens (including phenoxy) is 1. The van der Waals surface area contributed by atoms with E-state index in [0.717, 1.165) is 16.8 Å². The average molecular weight is 304 g/mol. The molecule has 0 spiro atoms. The van der Waals surface area contributed by atoms with Crippen molar-refractivity contribution >= 4 is 13.3 Å². The van der Waals surface area contributed by atoms with Gasteiger partial charge in [-0.15, -0.1) is 0 Å². The summed E-state index contributed by atoms with van der Waals surface area (Å²) in [6.07, 6.45) is -0.309. The van der Waals surface area contributed by atoms with Crippen molar-refractivity contribution in [3.8, 4) is 11.4 Å². The third kappa shape index (κ3) is 3.35. The maximum Gasteiger partial charge on any atom is 0.271 e. The van der Waals surface area contributed by atoms with Crippen molar-refractivity contribution in [2.45, 2.75) is 33.0 Å². The summed E-state index contributed by atoms with van der Waals surface area (Å²) in [5.74, 6) is -0.465. The van der Waals surface area contributed by atoms with Crippen LogP contribution in [0.15, 0.2) is 29.2 Å². The minimum Gasteiger partial charge on any atom is -0.492 e. The molecule has 2 radical (unpaired) electrons. The van der Waals surface area contributed by atoms with Crippen LogP contribution in [0.1, 0.15) is 32.5 Å². The number of halogens is 2. The Balaban J connectivity index is 2.55. The zero-order valence-corrected chi connectivity index (χ0v) is 12.5. The van der Waals surface area contributed by atoms with Gasteiger partial charge in [0.2, 0.25) is 0 Å². The second kappa shape index (κ2) is 6.29. The standard InChI is InChI=1S/C15H15BF2N2O2/c1-8(2)22-14-6-13(12(18)5-11(14)16)20-15(21)4-10(7-19-20)9(3)17/h4-9H,1-3H3. The normalized spacial score (nSPS) is 12.5. The Morgan fingerprint density at radius 3 is 2.50 bits per heavy atom. The lowest BCUT2D eigenvalue weighted by Crippen LogP contribution is -2.24. The van der Waals surface area contributed by atoms with Gasteiger partial charge in [-0.2, -0.15) is 9.78 Å². The van der Waals surface area contributed by atoms with E-state index in [-0.39, 0.29) is 28.6 Å². The Kier molecular flexibility index (Phi) is 4.64. The van der Waals surface area contributed by atoms with Crippen molar-refractivity contribution in [2.75, 3.05) is 0 Å². The number of hydrogen-bond acceptors (Lipinski definition) is 3. The molecule has 0 aliphatic rings. The monoisotopic (exact) mass is 304 g/mol. The van der Waals surface area contributed by atoms with Gasteiger partial charge < -0.3 is 4.74 Å². The molecule has 1 atom stereocenters. The molecule has 1 heterocycles. The van der Waals surface area contributed by atoms with Crippen LogP contribution < -0.4 is 15.8 Å². The van der Waals surface area contributed by atoms with Gasteiger partial charge in [-0.3, -0.25) is 4.79 Å². The molecule has 0 fully saturated rings. The van der Waals surface area contributed by atoms with E-state index in [0.29, 0.717) is 0 Å². The first-order valence-corrected chi connectivity index (χ1v) is 6.79. The molecule has 2 aromatic rings. The Morgan fingerprint density at radius 2 is 1.95 bits per heavy atom. The molecule has 0 saturated heterocycles. The predicted octanol–water partition coefficient (Wildman–Crippen LogP) is 1.98. The fourth-order valence-corrected chi connectivity index (χ4v) is 1.90. The summed E-state index contributed by atoms with van der Waals surface area (Å²) in [6, 6.07) is 3.45. The van der Waals surface area contributed by atoms with Crippen LogP contribution in [0.5, 0.6) is 5.75 Å². The van der Waals surface area contributed by atoms with Gasteiger partial charge in [0.1, 0.15) is 31.3 Å². The lowest BCUT2D eigenvalue weighted by Gasteiger charge is -2.15. The topological polar surface area (TPSA) is 44.1 Å². The van der Waals surface area contributed by atoms with Gasteiger partial charge in [0.05, 0.1) is 12.3 Å². The fourth-order valence-electron chi connectivity index (χ4n) is 1.90. The number of rotatable bonds is 4. The maximum atomic E-state index is 14.1. The summed E-state index contributed by atoms with van der Waals surface area (Å²) in [5.41, 5.74) is -0.484. The van der Waals surface area contributed by atoms with E-state index in [1.807, 2.05) is 0 Å². The van der Waals surface area contributed by atoms with Gasteiger partial charge in [-0.05, 0) is 26.8 Å². The lowest BCUT2D eigenvalue weighted by atomic mass is 9.94. The van der Waals surface area contributed by atoms with Gasteiger partial charge in [-0.25, -0.2) is 8.78 Å². The minimum absolute atomic E-state index is 0.104. The lowest BCUT2D eigenvalue weighted by molar-refractivity contribution is 0.244. The average Bonchev–Trinajstić information content (AvgIpc) is 2.41. The second-order valence-corrected chi connectivity index (χ2v) is 5.16. The van der Waals surface area contributed by atoms with Crippen LogP contribution in [-0.4, -0.2) is 23.7 Å². The summed E-state index contributed by atoms with van der Waals surface area (Å²) in [5, 5.41) is 3.81. The molecule has 1 unspecified atom stereocenters. The first-order chi connectivity index (χ1) is 10.3. The second-order valence-electron chi connectivity index (χ2n) is 5.16. The molecule has 0 amide bonds. The van der Waals surface area contributed by atoms with Crippen molar-refractivity contribution in [2.24, 2.45) is 0 Å². The third-order valence-electron chi connectivity index (χ3n) is 2.95. The van der Waals surface area contributed by atoms with Crippen LogP contribution in [0.3, 0.4) is 0 Å².